The summed E-state index contributed by atoms with van der Waals surface area (Å²) in [7, 11) is 0. The molecule has 34 heavy (non-hydrogen) atoms. The number of hydrogen-bond acceptors (Lipinski definition) is 3. The van der Waals surface area contributed by atoms with Crippen LogP contribution in [0.4, 0.5) is 0 Å². The third-order valence-electron chi connectivity index (χ3n) is 10.4. The first-order valence-corrected chi connectivity index (χ1v) is 14.0. The molecule has 0 aromatic heterocycles. The van der Waals surface area contributed by atoms with E-state index in [1.807, 2.05) is 29.9 Å². The Balaban J connectivity index is 1.39. The van der Waals surface area contributed by atoms with Gasteiger partial charge in [-0.1, -0.05) is 12.1 Å². The topological polar surface area (TPSA) is 69.6 Å². The molecule has 184 valence electrons. The minimum Gasteiger partial charge on any atom is -0.481 e. The highest BCUT2D eigenvalue weighted by Crippen LogP contribution is 2.59. The molecule has 0 radical (unpaired) electrons. The van der Waals surface area contributed by atoms with Gasteiger partial charge in [0.25, 0.3) is 5.91 Å². The minimum atomic E-state index is -0.875. The maximum absolute atomic E-state index is 14.2. The number of benzene rings is 1. The lowest BCUT2D eigenvalue weighted by Crippen LogP contribution is -2.54. The summed E-state index contributed by atoms with van der Waals surface area (Å²) < 4.78 is 1.93. The van der Waals surface area contributed by atoms with E-state index in [9.17, 15) is 14.7 Å². The van der Waals surface area contributed by atoms with Gasteiger partial charge in [-0.2, -0.15) is 0 Å². The van der Waals surface area contributed by atoms with Crippen LogP contribution in [0.5, 0.6) is 0 Å². The third kappa shape index (κ3) is 3.34. The molecule has 6 aliphatic rings. The summed E-state index contributed by atoms with van der Waals surface area (Å²) in [6, 6.07) is 6.37. The number of piperidine rings is 1. The Morgan fingerprint density at radius 2 is 1.68 bits per heavy atom. The predicted molar refractivity (Wildman–Crippen MR) is 135 cm³/mol. The van der Waals surface area contributed by atoms with Gasteiger partial charge in [-0.05, 0) is 125 Å². The number of carboxylic acid groups (broad SMARTS) is 1. The molecule has 1 heterocycles. The van der Waals surface area contributed by atoms with Crippen LogP contribution < -0.4 is 5.32 Å². The average Bonchev–Trinajstić information content (AvgIpc) is 3.13. The number of hydrogen-bond donors (Lipinski definition) is 2. The normalized spacial score (nSPS) is 35.4. The fourth-order valence-electron chi connectivity index (χ4n) is 8.90. The SMILES string of the molecule is CC(C)(C(=O)O)C1CC2(CCNCC2)c2c(C(=O)N(Br)C3C4CC5CC(C4)CC3C5)cccc21. The Hall–Kier alpha value is -1.40. The lowest BCUT2D eigenvalue weighted by atomic mass is 9.54. The number of nitrogens with zero attached hydrogens (tertiary/aromatic N) is 1. The molecule has 5 nitrogen and oxygen atoms in total. The smallest absolute Gasteiger partial charge is 0.309 e. The minimum absolute atomic E-state index is 0.0843. The first kappa shape index (κ1) is 23.0. The monoisotopic (exact) mass is 528 g/mol. The van der Waals surface area contributed by atoms with E-state index in [-0.39, 0.29) is 23.3 Å². The number of carbonyl (C=O) groups excluding carboxylic acids is 1. The average molecular weight is 530 g/mol. The second kappa shape index (κ2) is 8.06. The fourth-order valence-corrected chi connectivity index (χ4v) is 9.76. The van der Waals surface area contributed by atoms with Crippen molar-refractivity contribution in [1.82, 2.24) is 9.24 Å². The van der Waals surface area contributed by atoms with Crippen molar-refractivity contribution in [3.63, 3.8) is 0 Å². The molecular weight excluding hydrogens is 492 g/mol. The molecule has 1 spiro atoms. The van der Waals surface area contributed by atoms with Crippen LogP contribution in [0.1, 0.15) is 92.6 Å². The molecule has 7 rings (SSSR count). The molecule has 1 saturated heterocycles. The van der Waals surface area contributed by atoms with Crippen LogP contribution in [0, 0.1) is 29.1 Å². The predicted octanol–water partition coefficient (Wildman–Crippen LogP) is 5.48. The summed E-state index contributed by atoms with van der Waals surface area (Å²) >= 11 is 3.81. The van der Waals surface area contributed by atoms with E-state index in [2.05, 4.69) is 27.5 Å². The summed E-state index contributed by atoms with van der Waals surface area (Å²) in [5.41, 5.74) is 2.04. The third-order valence-corrected chi connectivity index (χ3v) is 11.2. The van der Waals surface area contributed by atoms with Gasteiger partial charge in [0.05, 0.1) is 21.6 Å². The van der Waals surface area contributed by atoms with Gasteiger partial charge in [-0.15, -0.1) is 0 Å². The number of amides is 1. The summed E-state index contributed by atoms with van der Waals surface area (Å²) in [5, 5.41) is 13.6. The quantitative estimate of drug-likeness (QED) is 0.507. The molecule has 1 aliphatic heterocycles. The Labute approximate surface area is 211 Å². The zero-order valence-corrected chi connectivity index (χ0v) is 21.9. The maximum Gasteiger partial charge on any atom is 0.309 e. The van der Waals surface area contributed by atoms with Crippen molar-refractivity contribution in [2.24, 2.45) is 29.1 Å². The van der Waals surface area contributed by atoms with Gasteiger partial charge in [0.15, 0.2) is 0 Å². The summed E-state index contributed by atoms with van der Waals surface area (Å²) in [5.74, 6) is 2.20. The summed E-state index contributed by atoms with van der Waals surface area (Å²) in [6.45, 7) is 5.53. The van der Waals surface area contributed by atoms with Crippen molar-refractivity contribution in [1.29, 1.82) is 0 Å². The first-order chi connectivity index (χ1) is 16.2. The molecule has 4 saturated carbocycles. The number of nitrogens with one attached hydrogen (secondary N) is 1. The number of aliphatic carboxylic acids is 1. The lowest BCUT2D eigenvalue weighted by Gasteiger charge is -2.56. The van der Waals surface area contributed by atoms with Gasteiger partial charge in [0, 0.05) is 17.5 Å². The van der Waals surface area contributed by atoms with E-state index >= 15 is 0 Å². The fraction of sp³-hybridized carbons (Fsp3) is 0.714. The molecule has 1 atom stereocenters. The van der Waals surface area contributed by atoms with Gasteiger partial charge in [-0.3, -0.25) is 13.5 Å². The first-order valence-electron chi connectivity index (χ1n) is 13.3. The highest BCUT2D eigenvalue weighted by Gasteiger charge is 2.54. The second-order valence-electron chi connectivity index (χ2n) is 12.6. The van der Waals surface area contributed by atoms with Crippen molar-refractivity contribution in [2.45, 2.75) is 82.6 Å². The summed E-state index contributed by atoms with van der Waals surface area (Å²) in [6.07, 6.45) is 9.20. The Morgan fingerprint density at radius 3 is 2.26 bits per heavy atom. The number of fused-ring (bicyclic) bond motifs is 2. The van der Waals surface area contributed by atoms with Crippen molar-refractivity contribution in [3.8, 4) is 0 Å². The molecule has 1 unspecified atom stereocenters. The number of rotatable bonds is 4. The highest BCUT2D eigenvalue weighted by atomic mass is 79.9. The van der Waals surface area contributed by atoms with Crippen LogP contribution in [0.3, 0.4) is 0 Å². The van der Waals surface area contributed by atoms with Crippen LogP contribution >= 0.6 is 16.1 Å². The molecule has 2 N–H and O–H groups in total. The van der Waals surface area contributed by atoms with Gasteiger partial charge >= 0.3 is 5.97 Å². The Kier molecular flexibility index (Phi) is 5.46. The van der Waals surface area contributed by atoms with Crippen molar-refractivity contribution >= 4 is 28.0 Å². The standard InChI is InChI=1S/C28H37BrN2O3/c1-27(2,26(33)34)22-15-28(6-8-30-9-7-28)23-20(22)4-3-5-21(23)25(32)31(29)24-18-11-16-10-17(13-18)14-19(24)12-16/h3-5,16-19,22,24,30H,6-15H2,1-2H3,(H,33,34). The second-order valence-corrected chi connectivity index (χ2v) is 13.4. The summed E-state index contributed by atoms with van der Waals surface area (Å²) in [4.78, 5) is 26.5. The number of carboxylic acids is 1. The van der Waals surface area contributed by atoms with Crippen molar-refractivity contribution in [2.75, 3.05) is 13.1 Å². The largest absolute Gasteiger partial charge is 0.481 e. The van der Waals surface area contributed by atoms with E-state index in [1.165, 1.54) is 32.1 Å². The molecule has 5 aliphatic carbocycles. The lowest BCUT2D eigenvalue weighted by molar-refractivity contribution is -0.148. The number of carbonyl (C=O) groups is 2. The molecule has 1 aromatic carbocycles. The van der Waals surface area contributed by atoms with E-state index in [1.54, 1.807) is 0 Å². The van der Waals surface area contributed by atoms with Crippen molar-refractivity contribution < 1.29 is 14.7 Å². The van der Waals surface area contributed by atoms with Crippen LogP contribution in [-0.4, -0.2) is 40.0 Å². The molecular formula is C28H37BrN2O3. The van der Waals surface area contributed by atoms with Crippen LogP contribution in [-0.2, 0) is 10.2 Å². The Bertz CT molecular complexity index is 987. The molecule has 4 bridgehead atoms. The van der Waals surface area contributed by atoms with Crippen molar-refractivity contribution in [3.05, 3.63) is 34.9 Å². The van der Waals surface area contributed by atoms with Crippen LogP contribution in [0.15, 0.2) is 18.2 Å². The van der Waals surface area contributed by atoms with Crippen LogP contribution in [0.2, 0.25) is 0 Å². The number of halogens is 1. The van der Waals surface area contributed by atoms with Gasteiger partial charge < -0.3 is 10.4 Å². The van der Waals surface area contributed by atoms with E-state index in [0.717, 1.165) is 60.9 Å². The molecule has 1 aromatic rings. The molecule has 1 amide bonds. The van der Waals surface area contributed by atoms with Gasteiger partial charge in [0.2, 0.25) is 0 Å². The zero-order valence-electron chi connectivity index (χ0n) is 20.4. The van der Waals surface area contributed by atoms with E-state index in [0.29, 0.717) is 11.8 Å². The maximum atomic E-state index is 14.2. The van der Waals surface area contributed by atoms with Gasteiger partial charge in [-0.25, -0.2) is 0 Å². The molecule has 5 fully saturated rings. The Morgan fingerprint density at radius 1 is 1.06 bits per heavy atom. The molecule has 6 heteroatoms. The van der Waals surface area contributed by atoms with E-state index in [4.69, 9.17) is 0 Å². The highest BCUT2D eigenvalue weighted by molar-refractivity contribution is 9.07. The van der Waals surface area contributed by atoms with E-state index < -0.39 is 11.4 Å². The van der Waals surface area contributed by atoms with Crippen LogP contribution in [0.25, 0.3) is 0 Å². The van der Waals surface area contributed by atoms with Gasteiger partial charge in [0.1, 0.15) is 0 Å². The zero-order chi connectivity index (χ0) is 23.8.